The van der Waals surface area contributed by atoms with E-state index in [9.17, 15) is 4.79 Å². The van der Waals surface area contributed by atoms with Crippen LogP contribution in [-0.4, -0.2) is 71.1 Å². The van der Waals surface area contributed by atoms with E-state index in [1.54, 1.807) is 43.2 Å². The minimum absolute atomic E-state index is 0.00141. The van der Waals surface area contributed by atoms with Crippen LogP contribution < -0.4 is 4.74 Å². The molecule has 32 heavy (non-hydrogen) atoms. The molecule has 3 aromatic rings. The molecule has 0 N–H and O–H groups in total. The summed E-state index contributed by atoms with van der Waals surface area (Å²) in [5.74, 6) is 0.903. The monoisotopic (exact) mass is 439 g/mol. The Hall–Kier alpha value is -3.30. The minimum atomic E-state index is -0.142. The number of rotatable bonds is 10. The highest BCUT2D eigenvalue weighted by atomic mass is 16.5. The fourth-order valence-electron chi connectivity index (χ4n) is 3.40. The third kappa shape index (κ3) is 4.95. The molecule has 1 aromatic carbocycles. The van der Waals surface area contributed by atoms with E-state index >= 15 is 0 Å². The Kier molecular flexibility index (Phi) is 7.91. The van der Waals surface area contributed by atoms with Crippen molar-refractivity contribution in [2.24, 2.45) is 0 Å². The maximum Gasteiger partial charge on any atom is 0.257 e. The van der Waals surface area contributed by atoms with E-state index in [0.29, 0.717) is 41.8 Å². The molecule has 0 spiro atoms. The summed E-state index contributed by atoms with van der Waals surface area (Å²) in [7, 11) is 4.80. The first-order valence-electron chi connectivity index (χ1n) is 10.3. The molecule has 0 aliphatic heterocycles. The normalized spacial score (nSPS) is 11.1. The van der Waals surface area contributed by atoms with E-state index < -0.39 is 0 Å². The number of ether oxygens (including phenoxy) is 3. The fraction of sp³-hybridized carbons (Fsp3) is 0.391. The maximum absolute atomic E-state index is 13.3. The molecule has 9 nitrogen and oxygen atoms in total. The molecular weight excluding hydrogens is 410 g/mol. The lowest BCUT2D eigenvalue weighted by atomic mass is 10.1. The molecule has 0 aliphatic rings. The Balaban J connectivity index is 2.03. The Morgan fingerprint density at radius 1 is 1.12 bits per heavy atom. The molecule has 2 aromatic heterocycles. The Labute approximate surface area is 188 Å². The molecule has 0 saturated heterocycles. The third-order valence-electron chi connectivity index (χ3n) is 5.02. The van der Waals surface area contributed by atoms with Crippen LogP contribution >= 0.6 is 0 Å². The molecule has 9 heteroatoms. The molecule has 0 fully saturated rings. The van der Waals surface area contributed by atoms with Crippen molar-refractivity contribution in [2.75, 3.05) is 34.5 Å². The number of hydrogen-bond donors (Lipinski definition) is 0. The van der Waals surface area contributed by atoms with Crippen molar-refractivity contribution < 1.29 is 19.0 Å². The van der Waals surface area contributed by atoms with Gasteiger partial charge in [-0.3, -0.25) is 4.79 Å². The second-order valence-corrected chi connectivity index (χ2v) is 7.38. The average Bonchev–Trinajstić information content (AvgIpc) is 3.23. The number of nitrogens with zero attached hydrogens (tertiary/aromatic N) is 5. The van der Waals surface area contributed by atoms with Crippen LogP contribution in [0.25, 0.3) is 17.2 Å². The van der Waals surface area contributed by atoms with E-state index in [4.69, 9.17) is 14.2 Å². The summed E-state index contributed by atoms with van der Waals surface area (Å²) < 4.78 is 17.6. The molecule has 0 atom stereocenters. The topological polar surface area (TPSA) is 91.6 Å². The van der Waals surface area contributed by atoms with Gasteiger partial charge in [0, 0.05) is 38.6 Å². The van der Waals surface area contributed by atoms with E-state index in [2.05, 4.69) is 15.1 Å². The summed E-state index contributed by atoms with van der Waals surface area (Å²) in [4.78, 5) is 24.1. The van der Waals surface area contributed by atoms with Gasteiger partial charge in [0.25, 0.3) is 11.9 Å². The molecule has 0 aliphatic carbocycles. The number of benzene rings is 1. The molecule has 2 heterocycles. The number of carbonyl (C=O) groups excluding carboxylic acids is 1. The van der Waals surface area contributed by atoms with Gasteiger partial charge < -0.3 is 19.1 Å². The van der Waals surface area contributed by atoms with Crippen molar-refractivity contribution in [3.63, 3.8) is 0 Å². The highest BCUT2D eigenvalue weighted by molar-refractivity contribution is 5.95. The van der Waals surface area contributed by atoms with Crippen LogP contribution in [0.15, 0.2) is 42.7 Å². The predicted molar refractivity (Wildman–Crippen MR) is 120 cm³/mol. The standard InChI is InChI=1S/C23H29N5O4/c1-16(2)27(12-13-30-3)22(29)18-14-25-28(20(18)15-31-4)23-24-11-10-19(26-23)17-8-6-7-9-21(17)32-5/h6-11,14,16H,12-13,15H2,1-5H3. The molecule has 1 amide bonds. The van der Waals surface area contributed by atoms with Gasteiger partial charge in [0.2, 0.25) is 0 Å². The lowest BCUT2D eigenvalue weighted by Gasteiger charge is -2.26. The molecule has 0 radical (unpaired) electrons. The lowest BCUT2D eigenvalue weighted by Crippen LogP contribution is -2.39. The Bertz CT molecular complexity index is 1050. The van der Waals surface area contributed by atoms with Crippen LogP contribution in [0, 0.1) is 0 Å². The summed E-state index contributed by atoms with van der Waals surface area (Å²) in [5, 5.41) is 4.43. The summed E-state index contributed by atoms with van der Waals surface area (Å²) in [5.41, 5.74) is 2.55. The zero-order valence-electron chi connectivity index (χ0n) is 19.1. The molecule has 3 rings (SSSR count). The van der Waals surface area contributed by atoms with Crippen LogP contribution in [0.1, 0.15) is 29.9 Å². The molecule has 0 bridgehead atoms. The second-order valence-electron chi connectivity index (χ2n) is 7.38. The van der Waals surface area contributed by atoms with E-state index in [1.807, 2.05) is 38.1 Å². The largest absolute Gasteiger partial charge is 0.496 e. The minimum Gasteiger partial charge on any atom is -0.496 e. The van der Waals surface area contributed by atoms with Crippen molar-refractivity contribution in [2.45, 2.75) is 26.5 Å². The zero-order chi connectivity index (χ0) is 23.1. The van der Waals surface area contributed by atoms with Gasteiger partial charge in [0.15, 0.2) is 0 Å². The number of carbonyl (C=O) groups is 1. The van der Waals surface area contributed by atoms with E-state index in [1.165, 1.54) is 6.20 Å². The quantitative estimate of drug-likeness (QED) is 0.480. The van der Waals surface area contributed by atoms with Gasteiger partial charge in [-0.15, -0.1) is 0 Å². The first-order chi connectivity index (χ1) is 15.5. The summed E-state index contributed by atoms with van der Waals surface area (Å²) in [6, 6.07) is 9.42. The van der Waals surface area contributed by atoms with Gasteiger partial charge in [-0.25, -0.2) is 9.97 Å². The van der Waals surface area contributed by atoms with Crippen LogP contribution in [0.5, 0.6) is 5.75 Å². The van der Waals surface area contributed by atoms with Gasteiger partial charge >= 0.3 is 0 Å². The van der Waals surface area contributed by atoms with Gasteiger partial charge in [0.05, 0.1) is 43.5 Å². The SMILES string of the molecule is COCCN(C(=O)c1cnn(-c2nccc(-c3ccccc3OC)n2)c1COC)C(C)C. The maximum atomic E-state index is 13.3. The van der Waals surface area contributed by atoms with Gasteiger partial charge in [0.1, 0.15) is 5.75 Å². The van der Waals surface area contributed by atoms with E-state index in [0.717, 1.165) is 5.56 Å². The Morgan fingerprint density at radius 2 is 1.91 bits per heavy atom. The summed E-state index contributed by atoms with van der Waals surface area (Å²) >= 11 is 0. The first kappa shape index (κ1) is 23.4. The van der Waals surface area contributed by atoms with Gasteiger partial charge in [-0.2, -0.15) is 9.78 Å². The number of aromatic nitrogens is 4. The lowest BCUT2D eigenvalue weighted by molar-refractivity contribution is 0.0630. The highest BCUT2D eigenvalue weighted by Crippen LogP contribution is 2.28. The fourth-order valence-corrected chi connectivity index (χ4v) is 3.40. The molecule has 0 saturated carbocycles. The van der Waals surface area contributed by atoms with E-state index in [-0.39, 0.29) is 18.6 Å². The summed E-state index contributed by atoms with van der Waals surface area (Å²) in [6.45, 7) is 5.03. The number of hydrogen-bond acceptors (Lipinski definition) is 7. The molecule has 0 unspecified atom stereocenters. The second kappa shape index (κ2) is 10.8. The van der Waals surface area contributed by atoms with Crippen molar-refractivity contribution in [1.29, 1.82) is 0 Å². The van der Waals surface area contributed by atoms with Crippen LogP contribution in [0.3, 0.4) is 0 Å². The first-order valence-corrected chi connectivity index (χ1v) is 10.3. The van der Waals surface area contributed by atoms with Gasteiger partial charge in [-0.1, -0.05) is 12.1 Å². The van der Waals surface area contributed by atoms with Crippen molar-refractivity contribution in [3.05, 3.63) is 54.0 Å². The van der Waals surface area contributed by atoms with Crippen LogP contribution in [0.4, 0.5) is 0 Å². The highest BCUT2D eigenvalue weighted by Gasteiger charge is 2.25. The van der Waals surface area contributed by atoms with Crippen molar-refractivity contribution in [3.8, 4) is 23.0 Å². The van der Waals surface area contributed by atoms with Crippen LogP contribution in [-0.2, 0) is 16.1 Å². The third-order valence-corrected chi connectivity index (χ3v) is 5.02. The zero-order valence-corrected chi connectivity index (χ0v) is 19.1. The Morgan fingerprint density at radius 3 is 2.59 bits per heavy atom. The van der Waals surface area contributed by atoms with Crippen LogP contribution in [0.2, 0.25) is 0 Å². The smallest absolute Gasteiger partial charge is 0.257 e. The van der Waals surface area contributed by atoms with Crippen molar-refractivity contribution >= 4 is 5.91 Å². The number of para-hydroxylation sites is 1. The van der Waals surface area contributed by atoms with Gasteiger partial charge in [-0.05, 0) is 32.0 Å². The molecular formula is C23H29N5O4. The predicted octanol–water partition coefficient (Wildman–Crippen LogP) is 2.98. The summed E-state index contributed by atoms with van der Waals surface area (Å²) in [6.07, 6.45) is 3.20. The average molecular weight is 440 g/mol. The van der Waals surface area contributed by atoms with Crippen molar-refractivity contribution in [1.82, 2.24) is 24.6 Å². The number of methoxy groups -OCH3 is 3. The molecule has 170 valence electrons. The number of amides is 1.